The molecule has 1 aromatic carbocycles. The topological polar surface area (TPSA) is 51.2 Å². The van der Waals surface area contributed by atoms with E-state index in [9.17, 15) is 5.11 Å². The molecule has 1 fully saturated rings. The molecule has 1 aliphatic carbocycles. The second kappa shape index (κ2) is 7.27. The Bertz CT molecular complexity index is 882. The highest BCUT2D eigenvalue weighted by Crippen LogP contribution is 2.30. The van der Waals surface area contributed by atoms with E-state index >= 15 is 0 Å². The number of benzene rings is 1. The predicted molar refractivity (Wildman–Crippen MR) is 101 cm³/mol. The summed E-state index contributed by atoms with van der Waals surface area (Å²) in [7, 11) is 4.04. The van der Waals surface area contributed by atoms with Gasteiger partial charge in [0.1, 0.15) is 11.5 Å². The summed E-state index contributed by atoms with van der Waals surface area (Å²) in [6.07, 6.45) is 7.08. The molecule has 5 nitrogen and oxygen atoms in total. The molecule has 0 amide bonds. The molecular formula is C21H25NO4. The second-order valence-corrected chi connectivity index (χ2v) is 7.12. The van der Waals surface area contributed by atoms with Crippen LogP contribution in [-0.2, 0) is 9.47 Å². The first-order chi connectivity index (χ1) is 12.6. The van der Waals surface area contributed by atoms with Crippen LogP contribution in [-0.4, -0.2) is 56.8 Å². The lowest BCUT2D eigenvalue weighted by Gasteiger charge is -2.28. The molecule has 0 bridgehead atoms. The summed E-state index contributed by atoms with van der Waals surface area (Å²) in [5, 5.41) is 12.6. The van der Waals surface area contributed by atoms with Crippen molar-refractivity contribution in [3.63, 3.8) is 0 Å². The molecule has 5 heteroatoms. The summed E-state index contributed by atoms with van der Waals surface area (Å²) >= 11 is 0. The molecule has 1 aromatic rings. The van der Waals surface area contributed by atoms with Gasteiger partial charge < -0.3 is 24.2 Å². The van der Waals surface area contributed by atoms with Crippen LogP contribution in [0.5, 0.6) is 5.75 Å². The van der Waals surface area contributed by atoms with Crippen molar-refractivity contribution in [2.45, 2.75) is 19.1 Å². The summed E-state index contributed by atoms with van der Waals surface area (Å²) in [5.74, 6) is 1.10. The minimum absolute atomic E-state index is 0.243. The van der Waals surface area contributed by atoms with Crippen LogP contribution < -0.4 is 15.2 Å². The Kier molecular flexibility index (Phi) is 4.85. The third kappa shape index (κ3) is 3.43. The Morgan fingerprint density at radius 2 is 2.15 bits per heavy atom. The number of aliphatic hydroxyl groups is 1. The minimum Gasteiger partial charge on any atom is -0.508 e. The normalized spacial score (nSPS) is 21.5. The third-order valence-corrected chi connectivity index (χ3v) is 4.92. The Labute approximate surface area is 153 Å². The van der Waals surface area contributed by atoms with Crippen LogP contribution >= 0.6 is 0 Å². The summed E-state index contributed by atoms with van der Waals surface area (Å²) in [6.45, 7) is 2.61. The highest BCUT2D eigenvalue weighted by molar-refractivity contribution is 5.76. The molecule has 0 aromatic heterocycles. The van der Waals surface area contributed by atoms with Gasteiger partial charge in [0, 0.05) is 30.2 Å². The number of hydrogen-bond acceptors (Lipinski definition) is 5. The number of hydrogen-bond donors (Lipinski definition) is 1. The van der Waals surface area contributed by atoms with E-state index in [1.807, 2.05) is 20.2 Å². The molecule has 138 valence electrons. The molecule has 0 saturated carbocycles. The predicted octanol–water partition coefficient (Wildman–Crippen LogP) is 1.56. The molecule has 1 N–H and O–H groups in total. The van der Waals surface area contributed by atoms with Crippen LogP contribution in [0.25, 0.3) is 17.7 Å². The summed E-state index contributed by atoms with van der Waals surface area (Å²) in [5.41, 5.74) is 3.11. The van der Waals surface area contributed by atoms with Gasteiger partial charge in [-0.05, 0) is 42.6 Å². The van der Waals surface area contributed by atoms with Crippen LogP contribution in [0.1, 0.15) is 18.4 Å². The zero-order chi connectivity index (χ0) is 18.1. The second-order valence-electron chi connectivity index (χ2n) is 7.12. The molecule has 2 heterocycles. The Morgan fingerprint density at radius 1 is 1.27 bits per heavy atom. The summed E-state index contributed by atoms with van der Waals surface area (Å²) in [6, 6.07) is 4.20. The number of fused-ring (bicyclic) bond motifs is 4. The first kappa shape index (κ1) is 17.3. The molecule has 3 aliphatic rings. The number of allylic oxidation sites excluding steroid dienone is 1. The fraction of sp³-hybridized carbons (Fsp3) is 0.429. The lowest BCUT2D eigenvalue weighted by Crippen LogP contribution is -2.31. The number of nitrogens with zero attached hydrogens (tertiary/aromatic N) is 1. The fourth-order valence-corrected chi connectivity index (χ4v) is 3.59. The van der Waals surface area contributed by atoms with Gasteiger partial charge in [0.05, 0.1) is 19.8 Å². The van der Waals surface area contributed by atoms with Gasteiger partial charge in [-0.1, -0.05) is 18.2 Å². The highest BCUT2D eigenvalue weighted by atomic mass is 16.7. The molecule has 4 rings (SSSR count). The first-order valence-corrected chi connectivity index (χ1v) is 9.10. The van der Waals surface area contributed by atoms with Gasteiger partial charge in [-0.3, -0.25) is 0 Å². The largest absolute Gasteiger partial charge is 0.508 e. The maximum Gasteiger partial charge on any atom is 0.162 e. The quantitative estimate of drug-likeness (QED) is 0.888. The molecule has 1 atom stereocenters. The SMILES string of the molecule is CN(C)CCOC1CC2=CC(O)=Cc3c4c(ccc3=C2CO1)=CCCO4. The average molecular weight is 355 g/mol. The van der Waals surface area contributed by atoms with E-state index in [0.29, 0.717) is 26.2 Å². The van der Waals surface area contributed by atoms with Crippen molar-refractivity contribution in [2.75, 3.05) is 40.5 Å². The standard InChI is InChI=1S/C21H25NO4/c1-22(2)7-9-24-20-11-15-10-16(23)12-18-17(19(15)13-26-20)6-5-14-4-3-8-25-21(14)18/h4-6,10,12,20,23H,3,7-9,11,13H2,1-2H3. The monoisotopic (exact) mass is 355 g/mol. The van der Waals surface area contributed by atoms with E-state index in [-0.39, 0.29) is 12.0 Å². The highest BCUT2D eigenvalue weighted by Gasteiger charge is 2.25. The fourth-order valence-electron chi connectivity index (χ4n) is 3.59. The van der Waals surface area contributed by atoms with Crippen molar-refractivity contribution in [1.29, 1.82) is 0 Å². The van der Waals surface area contributed by atoms with Crippen molar-refractivity contribution in [2.24, 2.45) is 0 Å². The van der Waals surface area contributed by atoms with E-state index in [1.54, 1.807) is 6.08 Å². The Hall–Kier alpha value is -2.08. The summed E-state index contributed by atoms with van der Waals surface area (Å²) in [4.78, 5) is 2.08. The van der Waals surface area contributed by atoms with Crippen LogP contribution in [0.15, 0.2) is 29.5 Å². The van der Waals surface area contributed by atoms with E-state index in [1.165, 1.54) is 0 Å². The van der Waals surface area contributed by atoms with Crippen LogP contribution in [0.2, 0.25) is 0 Å². The first-order valence-electron chi connectivity index (χ1n) is 9.10. The van der Waals surface area contributed by atoms with Gasteiger partial charge in [-0.25, -0.2) is 0 Å². The lowest BCUT2D eigenvalue weighted by atomic mass is 9.96. The van der Waals surface area contributed by atoms with Crippen molar-refractivity contribution in [3.05, 3.63) is 45.5 Å². The number of aliphatic hydroxyl groups excluding tert-OH is 1. The van der Waals surface area contributed by atoms with Crippen molar-refractivity contribution in [3.8, 4) is 5.75 Å². The third-order valence-electron chi connectivity index (χ3n) is 4.92. The molecule has 0 spiro atoms. The van der Waals surface area contributed by atoms with Crippen molar-refractivity contribution < 1.29 is 19.3 Å². The minimum atomic E-state index is -0.276. The van der Waals surface area contributed by atoms with E-state index in [2.05, 4.69) is 23.1 Å². The Balaban J connectivity index is 1.68. The van der Waals surface area contributed by atoms with Crippen LogP contribution in [0.3, 0.4) is 0 Å². The van der Waals surface area contributed by atoms with Gasteiger partial charge >= 0.3 is 0 Å². The molecular weight excluding hydrogens is 330 g/mol. The zero-order valence-electron chi connectivity index (χ0n) is 15.3. The molecule has 2 aliphatic heterocycles. The smallest absolute Gasteiger partial charge is 0.162 e. The van der Waals surface area contributed by atoms with Gasteiger partial charge in [0.15, 0.2) is 6.29 Å². The zero-order valence-corrected chi connectivity index (χ0v) is 15.3. The van der Waals surface area contributed by atoms with Crippen molar-refractivity contribution >= 4 is 17.7 Å². The molecule has 26 heavy (non-hydrogen) atoms. The summed E-state index contributed by atoms with van der Waals surface area (Å²) < 4.78 is 17.7. The molecule has 0 radical (unpaired) electrons. The molecule has 1 unspecified atom stereocenters. The van der Waals surface area contributed by atoms with Crippen LogP contribution in [0.4, 0.5) is 0 Å². The van der Waals surface area contributed by atoms with Gasteiger partial charge in [-0.15, -0.1) is 0 Å². The Morgan fingerprint density at radius 3 is 3.00 bits per heavy atom. The number of ether oxygens (including phenoxy) is 3. The average Bonchev–Trinajstić information content (AvgIpc) is 2.76. The van der Waals surface area contributed by atoms with Gasteiger partial charge in [0.25, 0.3) is 0 Å². The van der Waals surface area contributed by atoms with E-state index in [0.717, 1.165) is 45.9 Å². The molecule has 1 saturated heterocycles. The van der Waals surface area contributed by atoms with Gasteiger partial charge in [0.2, 0.25) is 0 Å². The maximum atomic E-state index is 10.4. The van der Waals surface area contributed by atoms with E-state index in [4.69, 9.17) is 14.2 Å². The van der Waals surface area contributed by atoms with Crippen LogP contribution in [0, 0.1) is 0 Å². The number of rotatable bonds is 4. The lowest BCUT2D eigenvalue weighted by molar-refractivity contribution is -0.139. The maximum absolute atomic E-state index is 10.4. The van der Waals surface area contributed by atoms with Crippen molar-refractivity contribution in [1.82, 2.24) is 4.90 Å². The van der Waals surface area contributed by atoms with Gasteiger partial charge in [-0.2, -0.15) is 0 Å². The van der Waals surface area contributed by atoms with E-state index < -0.39 is 0 Å². The number of likely N-dealkylation sites (N-methyl/N-ethyl adjacent to an activating group) is 1.